The maximum absolute atomic E-state index is 5.82. The number of aryl methyl sites for hydroxylation is 1. The number of ether oxygens (including phenoxy) is 1. The van der Waals surface area contributed by atoms with Crippen LogP contribution in [0.1, 0.15) is 63.9 Å². The highest BCUT2D eigenvalue weighted by atomic mass is 16.5. The van der Waals surface area contributed by atoms with Crippen LogP contribution < -0.4 is 4.74 Å². The molecule has 1 aromatic carbocycles. The van der Waals surface area contributed by atoms with Crippen molar-refractivity contribution >= 4 is 0 Å². The Morgan fingerprint density at radius 3 is 2.09 bits per heavy atom. The first-order valence-corrected chi connectivity index (χ1v) is 9.09. The van der Waals surface area contributed by atoms with Crippen LogP contribution in [0, 0.1) is 0 Å². The molecule has 0 bridgehead atoms. The molecule has 0 saturated carbocycles. The summed E-state index contributed by atoms with van der Waals surface area (Å²) in [6.07, 6.45) is 11.7. The van der Waals surface area contributed by atoms with E-state index in [1.54, 1.807) is 0 Å². The zero-order chi connectivity index (χ0) is 16.0. The standard InChI is InChI=1S/C20H35NO/c1-4-5-6-7-8-9-10-18-22-20-15-13-19(14-16-20)12-11-17-21(2)3/h13-16H,4-12,17-18H2,1-3H3. The van der Waals surface area contributed by atoms with Gasteiger partial charge in [-0.2, -0.15) is 0 Å². The zero-order valence-corrected chi connectivity index (χ0v) is 14.9. The van der Waals surface area contributed by atoms with Gasteiger partial charge in [-0.3, -0.25) is 0 Å². The van der Waals surface area contributed by atoms with Gasteiger partial charge in [-0.05, 0) is 57.6 Å². The molecule has 0 heterocycles. The molecule has 22 heavy (non-hydrogen) atoms. The van der Waals surface area contributed by atoms with Crippen LogP contribution in [-0.4, -0.2) is 32.1 Å². The molecule has 1 rings (SSSR count). The molecule has 2 heteroatoms. The Morgan fingerprint density at radius 1 is 0.818 bits per heavy atom. The predicted molar refractivity (Wildman–Crippen MR) is 96.8 cm³/mol. The molecule has 0 N–H and O–H groups in total. The Bertz CT molecular complexity index is 358. The summed E-state index contributed by atoms with van der Waals surface area (Å²) in [6.45, 7) is 4.27. The van der Waals surface area contributed by atoms with E-state index in [1.165, 1.54) is 56.9 Å². The Hall–Kier alpha value is -1.02. The summed E-state index contributed by atoms with van der Waals surface area (Å²) in [5.41, 5.74) is 1.41. The van der Waals surface area contributed by atoms with E-state index < -0.39 is 0 Å². The zero-order valence-electron chi connectivity index (χ0n) is 14.9. The van der Waals surface area contributed by atoms with E-state index in [0.29, 0.717) is 0 Å². The Balaban J connectivity index is 2.06. The monoisotopic (exact) mass is 305 g/mol. The van der Waals surface area contributed by atoms with Crippen molar-refractivity contribution in [2.24, 2.45) is 0 Å². The van der Waals surface area contributed by atoms with Crippen molar-refractivity contribution in [2.75, 3.05) is 27.2 Å². The average molecular weight is 306 g/mol. The lowest BCUT2D eigenvalue weighted by Crippen LogP contribution is -2.13. The largest absolute Gasteiger partial charge is 0.494 e. The molecule has 0 fully saturated rings. The van der Waals surface area contributed by atoms with Gasteiger partial charge in [-0.25, -0.2) is 0 Å². The number of benzene rings is 1. The van der Waals surface area contributed by atoms with Gasteiger partial charge in [-0.1, -0.05) is 57.6 Å². The van der Waals surface area contributed by atoms with Gasteiger partial charge in [0.15, 0.2) is 0 Å². The minimum Gasteiger partial charge on any atom is -0.494 e. The molecule has 0 aliphatic rings. The number of rotatable bonds is 13. The van der Waals surface area contributed by atoms with Crippen LogP contribution in [0.2, 0.25) is 0 Å². The van der Waals surface area contributed by atoms with Gasteiger partial charge in [0.1, 0.15) is 5.75 Å². The third-order valence-corrected chi connectivity index (χ3v) is 4.01. The molecule has 0 spiro atoms. The quantitative estimate of drug-likeness (QED) is 0.458. The molecule has 126 valence electrons. The summed E-state index contributed by atoms with van der Waals surface area (Å²) >= 11 is 0. The fourth-order valence-corrected chi connectivity index (χ4v) is 2.60. The summed E-state index contributed by atoms with van der Waals surface area (Å²) < 4.78 is 5.82. The van der Waals surface area contributed by atoms with E-state index in [4.69, 9.17) is 4.74 Å². The molecule has 1 aromatic rings. The summed E-state index contributed by atoms with van der Waals surface area (Å²) in [5, 5.41) is 0. The van der Waals surface area contributed by atoms with Crippen molar-refractivity contribution in [1.29, 1.82) is 0 Å². The minimum atomic E-state index is 0.855. The van der Waals surface area contributed by atoms with Crippen LogP contribution in [0.4, 0.5) is 0 Å². The highest BCUT2D eigenvalue weighted by Gasteiger charge is 1.98. The molecule has 0 amide bonds. The van der Waals surface area contributed by atoms with Crippen molar-refractivity contribution in [1.82, 2.24) is 4.90 Å². The smallest absolute Gasteiger partial charge is 0.119 e. The SMILES string of the molecule is CCCCCCCCCOc1ccc(CCCN(C)C)cc1. The van der Waals surface area contributed by atoms with Crippen LogP contribution in [0.5, 0.6) is 5.75 Å². The number of hydrogen-bond donors (Lipinski definition) is 0. The Morgan fingerprint density at radius 2 is 1.45 bits per heavy atom. The van der Waals surface area contributed by atoms with E-state index in [-0.39, 0.29) is 0 Å². The van der Waals surface area contributed by atoms with Crippen molar-refractivity contribution in [2.45, 2.75) is 64.7 Å². The third-order valence-electron chi connectivity index (χ3n) is 4.01. The molecule has 0 radical (unpaired) electrons. The molecule has 0 unspecified atom stereocenters. The maximum Gasteiger partial charge on any atom is 0.119 e. The lowest BCUT2D eigenvalue weighted by Gasteiger charge is -2.10. The lowest BCUT2D eigenvalue weighted by atomic mass is 10.1. The topological polar surface area (TPSA) is 12.5 Å². The fourth-order valence-electron chi connectivity index (χ4n) is 2.60. The summed E-state index contributed by atoms with van der Waals surface area (Å²) in [6, 6.07) is 8.64. The first-order valence-electron chi connectivity index (χ1n) is 9.09. The van der Waals surface area contributed by atoms with Crippen LogP contribution >= 0.6 is 0 Å². The summed E-state index contributed by atoms with van der Waals surface area (Å²) in [7, 11) is 4.25. The van der Waals surface area contributed by atoms with E-state index in [9.17, 15) is 0 Å². The van der Waals surface area contributed by atoms with Crippen molar-refractivity contribution in [3.8, 4) is 5.75 Å². The van der Waals surface area contributed by atoms with Gasteiger partial charge in [-0.15, -0.1) is 0 Å². The second-order valence-corrected chi connectivity index (χ2v) is 6.52. The number of nitrogens with zero attached hydrogens (tertiary/aromatic N) is 1. The highest BCUT2D eigenvalue weighted by Crippen LogP contribution is 2.14. The van der Waals surface area contributed by atoms with Crippen molar-refractivity contribution < 1.29 is 4.74 Å². The third kappa shape index (κ3) is 9.83. The molecule has 0 saturated heterocycles. The van der Waals surface area contributed by atoms with Crippen molar-refractivity contribution in [3.63, 3.8) is 0 Å². The molecule has 0 aliphatic heterocycles. The molecular weight excluding hydrogens is 270 g/mol. The predicted octanol–water partition coefficient (Wildman–Crippen LogP) is 5.31. The first kappa shape index (κ1) is 19.0. The molecule has 0 atom stereocenters. The van der Waals surface area contributed by atoms with E-state index in [2.05, 4.69) is 50.2 Å². The number of unbranched alkanes of at least 4 members (excludes halogenated alkanes) is 6. The number of hydrogen-bond acceptors (Lipinski definition) is 2. The second-order valence-electron chi connectivity index (χ2n) is 6.52. The Kier molecular flexibility index (Phi) is 10.8. The second kappa shape index (κ2) is 12.5. The lowest BCUT2D eigenvalue weighted by molar-refractivity contribution is 0.304. The minimum absolute atomic E-state index is 0.855. The van der Waals surface area contributed by atoms with Crippen LogP contribution in [0.15, 0.2) is 24.3 Å². The molecule has 0 aliphatic carbocycles. The van der Waals surface area contributed by atoms with Crippen molar-refractivity contribution in [3.05, 3.63) is 29.8 Å². The van der Waals surface area contributed by atoms with Gasteiger partial charge >= 0.3 is 0 Å². The fraction of sp³-hybridized carbons (Fsp3) is 0.700. The van der Waals surface area contributed by atoms with Gasteiger partial charge in [0, 0.05) is 0 Å². The van der Waals surface area contributed by atoms with Crippen LogP contribution in [0.25, 0.3) is 0 Å². The van der Waals surface area contributed by atoms with Gasteiger partial charge < -0.3 is 9.64 Å². The van der Waals surface area contributed by atoms with Gasteiger partial charge in [0.2, 0.25) is 0 Å². The van der Waals surface area contributed by atoms with Crippen LogP contribution in [-0.2, 0) is 6.42 Å². The average Bonchev–Trinajstić information content (AvgIpc) is 2.51. The Labute approximate surface area is 137 Å². The van der Waals surface area contributed by atoms with Crippen LogP contribution in [0.3, 0.4) is 0 Å². The van der Waals surface area contributed by atoms with E-state index in [0.717, 1.165) is 25.3 Å². The molecule has 0 aromatic heterocycles. The van der Waals surface area contributed by atoms with E-state index >= 15 is 0 Å². The highest BCUT2D eigenvalue weighted by molar-refractivity contribution is 5.27. The first-order chi connectivity index (χ1) is 10.7. The maximum atomic E-state index is 5.82. The van der Waals surface area contributed by atoms with E-state index in [1.807, 2.05) is 0 Å². The normalized spacial score (nSPS) is 11.1. The molecular formula is C20H35NO. The van der Waals surface area contributed by atoms with Gasteiger partial charge in [0.25, 0.3) is 0 Å². The summed E-state index contributed by atoms with van der Waals surface area (Å²) in [4.78, 5) is 2.24. The summed E-state index contributed by atoms with van der Waals surface area (Å²) in [5.74, 6) is 1.02. The molecule has 2 nitrogen and oxygen atoms in total. The van der Waals surface area contributed by atoms with Gasteiger partial charge in [0.05, 0.1) is 6.61 Å².